The lowest BCUT2D eigenvalue weighted by Crippen LogP contribution is -2.55. The Labute approximate surface area is 212 Å². The predicted molar refractivity (Wildman–Crippen MR) is 132 cm³/mol. The molecule has 10 nitrogen and oxygen atoms in total. The number of ketones is 1. The third kappa shape index (κ3) is 4.96. The van der Waals surface area contributed by atoms with E-state index in [2.05, 4.69) is 0 Å². The SMILES string of the molecule is COC(=O)C(C(C(=O)OC)P(=O)(Oc1ccccc1)Oc1ccccc1)N1C(=O)C(=O)c2ccccc21. The summed E-state index contributed by atoms with van der Waals surface area (Å²) in [6.07, 6.45) is 0. The molecule has 0 aromatic heterocycles. The number of methoxy groups -OCH3 is 2. The van der Waals surface area contributed by atoms with Crippen molar-refractivity contribution in [1.29, 1.82) is 0 Å². The number of rotatable bonds is 9. The molecule has 0 spiro atoms. The summed E-state index contributed by atoms with van der Waals surface area (Å²) in [5, 5.41) is 0. The van der Waals surface area contributed by atoms with E-state index >= 15 is 0 Å². The van der Waals surface area contributed by atoms with Crippen LogP contribution in [0.25, 0.3) is 0 Å². The molecule has 0 saturated heterocycles. The standard InChI is InChI=1S/C26H22NO9P/c1-33-25(30)21(27-20-16-10-9-15-19(20)22(28)24(27)29)23(26(31)34-2)37(32,35-17-11-5-3-6-12-17)36-18-13-7-4-8-14-18/h3-16,21,23H,1-2H3. The number of para-hydroxylation sites is 3. The predicted octanol–water partition coefficient (Wildman–Crippen LogP) is 3.65. The highest BCUT2D eigenvalue weighted by Crippen LogP contribution is 2.56. The second kappa shape index (κ2) is 10.7. The number of esters is 2. The summed E-state index contributed by atoms with van der Waals surface area (Å²) in [6, 6.07) is 19.7. The molecule has 1 amide bonds. The van der Waals surface area contributed by atoms with Gasteiger partial charge in [0.25, 0.3) is 11.7 Å². The van der Waals surface area contributed by atoms with Gasteiger partial charge in [0.15, 0.2) is 6.04 Å². The normalized spacial score (nSPS) is 14.4. The van der Waals surface area contributed by atoms with Crippen LogP contribution in [0.2, 0.25) is 0 Å². The topological polar surface area (TPSA) is 126 Å². The monoisotopic (exact) mass is 523 g/mol. The molecule has 4 rings (SSSR count). The maximum absolute atomic E-state index is 14.6. The number of hydrogen-bond acceptors (Lipinski definition) is 9. The lowest BCUT2D eigenvalue weighted by atomic mass is 10.1. The fraction of sp³-hybridized carbons (Fsp3) is 0.154. The summed E-state index contributed by atoms with van der Waals surface area (Å²) in [5.41, 5.74) is -2.01. The molecule has 11 heteroatoms. The molecular weight excluding hydrogens is 501 g/mol. The molecule has 1 aliphatic rings. The van der Waals surface area contributed by atoms with Crippen molar-refractivity contribution in [1.82, 2.24) is 0 Å². The van der Waals surface area contributed by atoms with Crippen LogP contribution in [0.1, 0.15) is 10.4 Å². The maximum Gasteiger partial charge on any atom is 0.447 e. The summed E-state index contributed by atoms with van der Waals surface area (Å²) in [4.78, 5) is 53.1. The average molecular weight is 523 g/mol. The van der Waals surface area contributed by atoms with Gasteiger partial charge in [-0.3, -0.25) is 19.3 Å². The number of ether oxygens (including phenoxy) is 2. The van der Waals surface area contributed by atoms with Crippen molar-refractivity contribution in [2.24, 2.45) is 0 Å². The zero-order valence-corrected chi connectivity index (χ0v) is 20.7. The van der Waals surface area contributed by atoms with Gasteiger partial charge in [0.1, 0.15) is 11.5 Å². The molecule has 0 bridgehead atoms. The first kappa shape index (κ1) is 25.7. The van der Waals surface area contributed by atoms with Crippen molar-refractivity contribution in [2.45, 2.75) is 11.7 Å². The van der Waals surface area contributed by atoms with Crippen LogP contribution in [0.3, 0.4) is 0 Å². The van der Waals surface area contributed by atoms with Crippen molar-refractivity contribution >= 4 is 36.9 Å². The van der Waals surface area contributed by atoms with Gasteiger partial charge in [-0.1, -0.05) is 48.5 Å². The lowest BCUT2D eigenvalue weighted by molar-refractivity contribution is -0.149. The van der Waals surface area contributed by atoms with E-state index in [0.29, 0.717) is 0 Å². The van der Waals surface area contributed by atoms with Crippen LogP contribution >= 0.6 is 7.60 Å². The van der Waals surface area contributed by atoms with E-state index < -0.39 is 42.9 Å². The fourth-order valence-corrected chi connectivity index (χ4v) is 5.98. The summed E-state index contributed by atoms with van der Waals surface area (Å²) < 4.78 is 36.0. The highest BCUT2D eigenvalue weighted by atomic mass is 31.2. The summed E-state index contributed by atoms with van der Waals surface area (Å²) in [7, 11) is -2.72. The number of amides is 1. The summed E-state index contributed by atoms with van der Waals surface area (Å²) in [6.45, 7) is 0. The van der Waals surface area contributed by atoms with E-state index in [9.17, 15) is 23.7 Å². The van der Waals surface area contributed by atoms with Crippen LogP contribution in [0, 0.1) is 0 Å². The van der Waals surface area contributed by atoms with Crippen LogP contribution in [-0.4, -0.2) is 49.5 Å². The van der Waals surface area contributed by atoms with E-state index in [1.807, 2.05) is 0 Å². The van der Waals surface area contributed by atoms with Gasteiger partial charge < -0.3 is 18.5 Å². The number of carbonyl (C=O) groups is 4. The van der Waals surface area contributed by atoms with E-state index in [1.165, 1.54) is 36.4 Å². The van der Waals surface area contributed by atoms with Crippen molar-refractivity contribution in [3.63, 3.8) is 0 Å². The Balaban J connectivity index is 1.92. The number of Topliss-reactive ketones (excluding diaryl/α,β-unsaturated/α-hetero) is 1. The number of benzene rings is 3. The van der Waals surface area contributed by atoms with Gasteiger partial charge in [-0.25, -0.2) is 9.36 Å². The van der Waals surface area contributed by atoms with Gasteiger partial charge in [0, 0.05) is 0 Å². The Morgan fingerprint density at radius 3 is 1.73 bits per heavy atom. The van der Waals surface area contributed by atoms with Gasteiger partial charge in [0.05, 0.1) is 25.5 Å². The molecule has 2 atom stereocenters. The van der Waals surface area contributed by atoms with E-state index in [4.69, 9.17) is 18.5 Å². The molecule has 0 aliphatic carbocycles. The second-order valence-corrected chi connectivity index (χ2v) is 9.81. The lowest BCUT2D eigenvalue weighted by Gasteiger charge is -2.34. The smallest absolute Gasteiger partial charge is 0.447 e. The van der Waals surface area contributed by atoms with Crippen LogP contribution < -0.4 is 13.9 Å². The molecule has 0 fully saturated rings. The number of nitrogens with zero attached hydrogens (tertiary/aromatic N) is 1. The largest absolute Gasteiger partial charge is 0.468 e. The maximum atomic E-state index is 14.6. The van der Waals surface area contributed by atoms with Crippen LogP contribution in [-0.2, 0) is 28.4 Å². The number of hydrogen-bond donors (Lipinski definition) is 0. The Morgan fingerprint density at radius 2 is 1.22 bits per heavy atom. The molecule has 37 heavy (non-hydrogen) atoms. The minimum atomic E-state index is -4.76. The molecule has 0 radical (unpaired) electrons. The van der Waals surface area contributed by atoms with E-state index in [1.54, 1.807) is 48.5 Å². The van der Waals surface area contributed by atoms with Crippen LogP contribution in [0.4, 0.5) is 5.69 Å². The number of fused-ring (bicyclic) bond motifs is 1. The first-order chi connectivity index (χ1) is 17.8. The van der Waals surface area contributed by atoms with Crippen LogP contribution in [0.5, 0.6) is 11.5 Å². The van der Waals surface area contributed by atoms with Crippen molar-refractivity contribution < 1.29 is 42.3 Å². The zero-order valence-electron chi connectivity index (χ0n) is 19.8. The minimum Gasteiger partial charge on any atom is -0.468 e. The third-order valence-electron chi connectivity index (χ3n) is 5.58. The van der Waals surface area contributed by atoms with Gasteiger partial charge in [-0.15, -0.1) is 0 Å². The Hall–Kier alpha value is -4.43. The Kier molecular flexibility index (Phi) is 7.40. The first-order valence-corrected chi connectivity index (χ1v) is 12.6. The molecule has 3 aromatic rings. The highest BCUT2D eigenvalue weighted by Gasteiger charge is 2.59. The van der Waals surface area contributed by atoms with Crippen molar-refractivity contribution in [2.75, 3.05) is 19.1 Å². The second-order valence-electron chi connectivity index (χ2n) is 7.81. The van der Waals surface area contributed by atoms with E-state index in [0.717, 1.165) is 19.1 Å². The minimum absolute atomic E-state index is 0.00723. The van der Waals surface area contributed by atoms with Crippen molar-refractivity contribution in [3.8, 4) is 11.5 Å². The third-order valence-corrected chi connectivity index (χ3v) is 7.68. The Morgan fingerprint density at radius 1 is 0.730 bits per heavy atom. The number of anilines is 1. The molecule has 1 heterocycles. The highest BCUT2D eigenvalue weighted by molar-refractivity contribution is 7.56. The quantitative estimate of drug-likeness (QED) is 0.235. The van der Waals surface area contributed by atoms with Gasteiger partial charge in [-0.2, -0.15) is 0 Å². The molecular formula is C26H22NO9P. The molecule has 190 valence electrons. The van der Waals surface area contributed by atoms with E-state index in [-0.39, 0.29) is 22.7 Å². The average Bonchev–Trinajstić information content (AvgIpc) is 3.17. The van der Waals surface area contributed by atoms with Gasteiger partial charge in [-0.05, 0) is 36.4 Å². The Bertz CT molecular complexity index is 1330. The summed E-state index contributed by atoms with van der Waals surface area (Å²) >= 11 is 0. The van der Waals surface area contributed by atoms with Gasteiger partial charge >= 0.3 is 19.5 Å². The first-order valence-electron chi connectivity index (χ1n) is 11.0. The molecule has 3 aromatic carbocycles. The summed E-state index contributed by atoms with van der Waals surface area (Å²) in [5.74, 6) is -4.23. The molecule has 1 aliphatic heterocycles. The molecule has 2 unspecified atom stereocenters. The fourth-order valence-electron chi connectivity index (χ4n) is 3.92. The van der Waals surface area contributed by atoms with Crippen LogP contribution in [0.15, 0.2) is 84.9 Å². The molecule has 0 N–H and O–H groups in total. The van der Waals surface area contributed by atoms with Crippen molar-refractivity contribution in [3.05, 3.63) is 90.5 Å². The molecule has 0 saturated carbocycles. The number of carbonyl (C=O) groups excluding carboxylic acids is 4. The van der Waals surface area contributed by atoms with Gasteiger partial charge in [0.2, 0.25) is 5.66 Å². The zero-order chi connectivity index (χ0) is 26.6.